The van der Waals surface area contributed by atoms with Crippen LogP contribution in [0.5, 0.6) is 5.88 Å². The molecule has 0 N–H and O–H groups in total. The zero-order valence-electron chi connectivity index (χ0n) is 14.4. The summed E-state index contributed by atoms with van der Waals surface area (Å²) in [6, 6.07) is 0. The second-order valence-electron chi connectivity index (χ2n) is 5.56. The predicted octanol–water partition coefficient (Wildman–Crippen LogP) is 4.84. The summed E-state index contributed by atoms with van der Waals surface area (Å²) in [6.45, 7) is 4.24. The Bertz CT molecular complexity index is 619. The van der Waals surface area contributed by atoms with E-state index in [-0.39, 0.29) is 0 Å². The van der Waals surface area contributed by atoms with Crippen molar-refractivity contribution in [3.8, 4) is 5.88 Å². The normalized spacial score (nSPS) is 16.2. The van der Waals surface area contributed by atoms with Crippen LogP contribution in [-0.4, -0.2) is 29.5 Å². The zero-order valence-corrected chi connectivity index (χ0v) is 15.2. The highest BCUT2D eigenvalue weighted by molar-refractivity contribution is 8.02. The first-order valence-electron chi connectivity index (χ1n) is 8.05. The molecule has 0 saturated heterocycles. The van der Waals surface area contributed by atoms with Crippen molar-refractivity contribution in [3.05, 3.63) is 34.6 Å². The Morgan fingerprint density at radius 1 is 1.43 bits per heavy atom. The van der Waals surface area contributed by atoms with Gasteiger partial charge >= 0.3 is 0 Å². The number of aromatic nitrogens is 2. The first-order valence-corrected chi connectivity index (χ1v) is 9.28. The fraction of sp³-hybridized carbons (Fsp3) is 0.500. The third-order valence-electron chi connectivity index (χ3n) is 3.73. The molecule has 23 heavy (non-hydrogen) atoms. The molecule has 1 aliphatic carbocycles. The van der Waals surface area contributed by atoms with E-state index >= 15 is 0 Å². The summed E-state index contributed by atoms with van der Waals surface area (Å²) in [5.74, 6) is 1.14. The average molecular weight is 331 g/mol. The molecule has 124 valence electrons. The maximum atomic E-state index is 5.49. The number of nitrogens with zero attached hydrogens (tertiary/aromatic N) is 3. The van der Waals surface area contributed by atoms with Gasteiger partial charge in [0.05, 0.1) is 24.1 Å². The van der Waals surface area contributed by atoms with Crippen LogP contribution in [-0.2, 0) is 0 Å². The van der Waals surface area contributed by atoms with Gasteiger partial charge in [0.15, 0.2) is 0 Å². The highest BCUT2D eigenvalue weighted by atomic mass is 32.2. The fourth-order valence-corrected chi connectivity index (χ4v) is 2.43. The highest BCUT2D eigenvalue weighted by Crippen LogP contribution is 2.44. The summed E-state index contributed by atoms with van der Waals surface area (Å²) in [5, 5.41) is 0. The first kappa shape index (κ1) is 17.7. The molecule has 1 fully saturated rings. The summed E-state index contributed by atoms with van der Waals surface area (Å²) >= 11 is 1.72. The molecule has 1 aromatic rings. The lowest BCUT2D eigenvalue weighted by Crippen LogP contribution is -2.02. The van der Waals surface area contributed by atoms with E-state index in [4.69, 9.17) is 4.74 Å². The fourth-order valence-electron chi connectivity index (χ4n) is 2.23. The van der Waals surface area contributed by atoms with Gasteiger partial charge in [0.25, 0.3) is 0 Å². The van der Waals surface area contributed by atoms with E-state index < -0.39 is 0 Å². The summed E-state index contributed by atoms with van der Waals surface area (Å²) in [4.78, 5) is 14.7. The summed E-state index contributed by atoms with van der Waals surface area (Å²) in [6.07, 6.45) is 14.1. The Balaban J connectivity index is 2.43. The molecule has 0 aliphatic heterocycles. The van der Waals surface area contributed by atoms with E-state index in [0.29, 0.717) is 11.8 Å². The minimum absolute atomic E-state index is 0.519. The van der Waals surface area contributed by atoms with Crippen molar-refractivity contribution >= 4 is 23.7 Å². The molecule has 1 aliphatic rings. The topological polar surface area (TPSA) is 47.4 Å². The largest absolute Gasteiger partial charge is 0.480 e. The number of hydrogen-bond donors (Lipinski definition) is 0. The Labute approximate surface area is 143 Å². The Hall–Kier alpha value is -1.62. The molecule has 0 bridgehead atoms. The van der Waals surface area contributed by atoms with Crippen molar-refractivity contribution in [2.45, 2.75) is 45.4 Å². The summed E-state index contributed by atoms with van der Waals surface area (Å²) in [5.41, 5.74) is 2.94. The lowest BCUT2D eigenvalue weighted by molar-refractivity contribution is 0.394. The highest BCUT2D eigenvalue weighted by Gasteiger charge is 2.30. The van der Waals surface area contributed by atoms with Crippen LogP contribution in [0, 0.1) is 0 Å². The molecule has 0 unspecified atom stereocenters. The van der Waals surface area contributed by atoms with Crippen LogP contribution in [0.15, 0.2) is 28.4 Å². The molecule has 0 radical (unpaired) electrons. The van der Waals surface area contributed by atoms with Crippen molar-refractivity contribution in [2.75, 3.05) is 13.4 Å². The minimum Gasteiger partial charge on any atom is -0.480 e. The van der Waals surface area contributed by atoms with E-state index in [2.05, 4.69) is 41.1 Å². The van der Waals surface area contributed by atoms with Crippen molar-refractivity contribution in [2.24, 2.45) is 4.99 Å². The van der Waals surface area contributed by atoms with Gasteiger partial charge in [0.2, 0.25) is 5.88 Å². The van der Waals surface area contributed by atoms with Gasteiger partial charge in [0.1, 0.15) is 6.33 Å². The van der Waals surface area contributed by atoms with Crippen LogP contribution in [0.4, 0.5) is 0 Å². The average Bonchev–Trinajstić information content (AvgIpc) is 3.42. The second-order valence-corrected chi connectivity index (χ2v) is 6.61. The van der Waals surface area contributed by atoms with Gasteiger partial charge < -0.3 is 4.74 Å². The number of unbranched alkanes of at least 4 members (excludes halogenated alkanes) is 1. The molecule has 5 heteroatoms. The predicted molar refractivity (Wildman–Crippen MR) is 99.2 cm³/mol. The second kappa shape index (κ2) is 8.87. The molecule has 2 rings (SSSR count). The number of hydrogen-bond acceptors (Lipinski definition) is 5. The van der Waals surface area contributed by atoms with E-state index in [1.165, 1.54) is 17.7 Å². The minimum atomic E-state index is 0.519. The van der Waals surface area contributed by atoms with Gasteiger partial charge in [-0.3, -0.25) is 4.99 Å². The van der Waals surface area contributed by atoms with Crippen molar-refractivity contribution in [1.82, 2.24) is 9.97 Å². The standard InChI is InChI=1S/C18H25N3OS/c1-5-6-7-15(19-11-10-13(2)23-4)16-17(14-8-9-14)20-12-21-18(16)22-3/h7,10-12,14H,5-6,8-9H2,1-4H3/b13-10+,15-7+,19-11+. The maximum absolute atomic E-state index is 5.49. The van der Waals surface area contributed by atoms with E-state index in [9.17, 15) is 0 Å². The van der Waals surface area contributed by atoms with Gasteiger partial charge in [-0.2, -0.15) is 0 Å². The summed E-state index contributed by atoms with van der Waals surface area (Å²) < 4.78 is 5.49. The van der Waals surface area contributed by atoms with Crippen LogP contribution in [0.2, 0.25) is 0 Å². The van der Waals surface area contributed by atoms with E-state index in [1.807, 2.05) is 12.3 Å². The Morgan fingerprint density at radius 2 is 2.22 bits per heavy atom. The smallest absolute Gasteiger partial charge is 0.226 e. The number of rotatable bonds is 8. The first-order chi connectivity index (χ1) is 11.2. The van der Waals surface area contributed by atoms with Crippen molar-refractivity contribution in [1.29, 1.82) is 0 Å². The molecule has 1 heterocycles. The van der Waals surface area contributed by atoms with Crippen LogP contribution < -0.4 is 4.74 Å². The summed E-state index contributed by atoms with van der Waals surface area (Å²) in [7, 11) is 1.65. The van der Waals surface area contributed by atoms with Crippen LogP contribution >= 0.6 is 11.8 Å². The molecule has 4 nitrogen and oxygen atoms in total. The molecule has 0 aromatic carbocycles. The molecule has 0 spiro atoms. The molecule has 0 amide bonds. The number of allylic oxidation sites excluding steroid dienone is 3. The zero-order chi connectivity index (χ0) is 16.7. The lowest BCUT2D eigenvalue weighted by Gasteiger charge is -2.12. The van der Waals surface area contributed by atoms with Gasteiger partial charge in [0, 0.05) is 12.1 Å². The van der Waals surface area contributed by atoms with Crippen LogP contribution in [0.3, 0.4) is 0 Å². The maximum Gasteiger partial charge on any atom is 0.226 e. The third-order valence-corrected chi connectivity index (χ3v) is 4.51. The molecular formula is C18H25N3OS. The number of thioether (sulfide) groups is 1. The van der Waals surface area contributed by atoms with Crippen LogP contribution in [0.1, 0.15) is 56.7 Å². The van der Waals surface area contributed by atoms with Gasteiger partial charge in [-0.15, -0.1) is 11.8 Å². The molecule has 1 aromatic heterocycles. The van der Waals surface area contributed by atoms with Gasteiger partial charge in [-0.25, -0.2) is 9.97 Å². The number of aliphatic imine (C=N–C) groups is 1. The number of ether oxygens (including phenoxy) is 1. The van der Waals surface area contributed by atoms with Gasteiger partial charge in [-0.1, -0.05) is 19.4 Å². The van der Waals surface area contributed by atoms with Crippen molar-refractivity contribution < 1.29 is 4.74 Å². The lowest BCUT2D eigenvalue weighted by atomic mass is 10.1. The number of methoxy groups -OCH3 is 1. The van der Waals surface area contributed by atoms with Gasteiger partial charge in [-0.05, 0) is 43.4 Å². The Morgan fingerprint density at radius 3 is 2.83 bits per heavy atom. The monoisotopic (exact) mass is 331 g/mol. The molecular weight excluding hydrogens is 306 g/mol. The molecule has 0 atom stereocenters. The van der Waals surface area contributed by atoms with Crippen LogP contribution in [0.25, 0.3) is 5.70 Å². The SMILES string of the molecule is CCC/C=C(/N=C/C=C(\C)SC)c1c(OC)ncnc1C1CC1. The Kier molecular flexibility index (Phi) is 6.84. The molecule has 1 saturated carbocycles. The van der Waals surface area contributed by atoms with Crippen molar-refractivity contribution in [3.63, 3.8) is 0 Å². The quantitative estimate of drug-likeness (QED) is 0.639. The van der Waals surface area contributed by atoms with E-state index in [1.54, 1.807) is 25.2 Å². The van der Waals surface area contributed by atoms with E-state index in [0.717, 1.165) is 29.8 Å². The third kappa shape index (κ3) is 4.93.